The molecule has 0 saturated carbocycles. The van der Waals surface area contributed by atoms with Gasteiger partial charge in [0, 0.05) is 24.2 Å². The Morgan fingerprint density at radius 1 is 1.06 bits per heavy atom. The first-order valence-electron chi connectivity index (χ1n) is 10.9. The average Bonchev–Trinajstić information content (AvgIpc) is 3.14. The number of piperidine rings is 1. The van der Waals surface area contributed by atoms with E-state index in [4.69, 9.17) is 4.74 Å². The Labute approximate surface area is 187 Å². The molecule has 2 heterocycles. The number of carbonyl (C=O) groups is 2. The van der Waals surface area contributed by atoms with Crippen molar-refractivity contribution in [1.29, 1.82) is 0 Å². The Hall–Kier alpha value is -3.42. The second kappa shape index (κ2) is 8.61. The molecule has 1 aliphatic heterocycles. The van der Waals surface area contributed by atoms with Crippen LogP contribution in [0.3, 0.4) is 0 Å². The molecule has 2 aromatic carbocycles. The van der Waals surface area contributed by atoms with Crippen LogP contribution in [0.5, 0.6) is 0 Å². The Morgan fingerprint density at radius 2 is 1.75 bits per heavy atom. The fourth-order valence-electron chi connectivity index (χ4n) is 4.03. The fourth-order valence-corrected chi connectivity index (χ4v) is 4.03. The molecule has 0 aliphatic carbocycles. The summed E-state index contributed by atoms with van der Waals surface area (Å²) in [6.07, 6.45) is 1.17. The largest absolute Gasteiger partial charge is 0.444 e. The van der Waals surface area contributed by atoms with Gasteiger partial charge >= 0.3 is 6.09 Å². The topological polar surface area (TPSA) is 89.4 Å². The van der Waals surface area contributed by atoms with Gasteiger partial charge in [0.1, 0.15) is 5.60 Å². The predicted molar refractivity (Wildman–Crippen MR) is 123 cm³/mol. The predicted octanol–water partition coefficient (Wildman–Crippen LogP) is 4.56. The van der Waals surface area contributed by atoms with Gasteiger partial charge in [0.25, 0.3) is 5.91 Å². The minimum Gasteiger partial charge on any atom is -0.444 e. The van der Waals surface area contributed by atoms with Crippen LogP contribution in [0.15, 0.2) is 42.5 Å². The lowest BCUT2D eigenvalue weighted by molar-refractivity contribution is 0.0183. The first-order valence-corrected chi connectivity index (χ1v) is 10.9. The van der Waals surface area contributed by atoms with E-state index in [1.54, 1.807) is 4.90 Å². The number of aromatic nitrogens is 3. The zero-order valence-corrected chi connectivity index (χ0v) is 19.0. The van der Waals surface area contributed by atoms with Crippen LogP contribution in [0.1, 0.15) is 55.8 Å². The van der Waals surface area contributed by atoms with Crippen LogP contribution in [0.2, 0.25) is 0 Å². The van der Waals surface area contributed by atoms with Crippen LogP contribution in [-0.4, -0.2) is 50.6 Å². The number of ether oxygens (including phenoxy) is 1. The summed E-state index contributed by atoms with van der Waals surface area (Å²) in [7, 11) is 0. The Balaban J connectivity index is 1.44. The molecule has 4 rings (SSSR count). The minimum atomic E-state index is -0.511. The Morgan fingerprint density at radius 3 is 2.47 bits per heavy atom. The highest BCUT2D eigenvalue weighted by Crippen LogP contribution is 2.26. The van der Waals surface area contributed by atoms with E-state index >= 15 is 0 Å². The Bertz CT molecular complexity index is 1130. The van der Waals surface area contributed by atoms with Gasteiger partial charge in [-0.15, -0.1) is 5.10 Å². The van der Waals surface area contributed by atoms with E-state index in [-0.39, 0.29) is 18.0 Å². The number of benzene rings is 2. The molecular weight excluding hydrogens is 406 g/mol. The number of hydrogen-bond acceptors (Lipinski definition) is 5. The van der Waals surface area contributed by atoms with Gasteiger partial charge in [-0.25, -0.2) is 9.48 Å². The highest BCUT2D eigenvalue weighted by molar-refractivity contribution is 6.08. The van der Waals surface area contributed by atoms with E-state index in [0.29, 0.717) is 18.8 Å². The summed E-state index contributed by atoms with van der Waals surface area (Å²) in [4.78, 5) is 27.0. The highest BCUT2D eigenvalue weighted by atomic mass is 16.6. The van der Waals surface area contributed by atoms with Gasteiger partial charge in [-0.2, -0.15) is 0 Å². The molecule has 8 nitrogen and oxygen atoms in total. The summed E-state index contributed by atoms with van der Waals surface area (Å²) < 4.78 is 7.27. The second-order valence-corrected chi connectivity index (χ2v) is 9.15. The average molecular weight is 436 g/mol. The lowest BCUT2D eigenvalue weighted by atomic mass is 10.1. The van der Waals surface area contributed by atoms with Crippen molar-refractivity contribution in [2.24, 2.45) is 0 Å². The monoisotopic (exact) mass is 435 g/mol. The smallest absolute Gasteiger partial charge is 0.410 e. The van der Waals surface area contributed by atoms with Gasteiger partial charge in [-0.1, -0.05) is 41.6 Å². The molecule has 1 N–H and O–H groups in total. The highest BCUT2D eigenvalue weighted by Gasteiger charge is 2.29. The maximum absolute atomic E-state index is 13.0. The molecule has 1 fully saturated rings. The number of rotatable bonds is 3. The number of hydrogen-bond donors (Lipinski definition) is 1. The minimum absolute atomic E-state index is 0.0836. The summed E-state index contributed by atoms with van der Waals surface area (Å²) in [6.45, 7) is 8.61. The fraction of sp³-hybridized carbons (Fsp3) is 0.417. The van der Waals surface area contributed by atoms with E-state index in [1.807, 2.05) is 74.8 Å². The van der Waals surface area contributed by atoms with Crippen molar-refractivity contribution >= 4 is 28.5 Å². The van der Waals surface area contributed by atoms with Crippen molar-refractivity contribution in [3.63, 3.8) is 0 Å². The lowest BCUT2D eigenvalue weighted by Crippen LogP contribution is -2.42. The molecule has 8 heteroatoms. The molecule has 32 heavy (non-hydrogen) atoms. The van der Waals surface area contributed by atoms with E-state index in [1.165, 1.54) is 0 Å². The van der Waals surface area contributed by atoms with Crippen molar-refractivity contribution in [2.45, 2.75) is 52.2 Å². The van der Waals surface area contributed by atoms with Crippen molar-refractivity contribution < 1.29 is 14.3 Å². The van der Waals surface area contributed by atoms with Gasteiger partial charge in [0.15, 0.2) is 5.69 Å². The number of likely N-dealkylation sites (tertiary alicyclic amines) is 1. The third-order valence-corrected chi connectivity index (χ3v) is 5.64. The summed E-state index contributed by atoms with van der Waals surface area (Å²) >= 11 is 0. The van der Waals surface area contributed by atoms with Gasteiger partial charge in [-0.05, 0) is 52.0 Å². The normalized spacial score (nSPS) is 15.1. The number of fused-ring (bicyclic) bond motifs is 1. The van der Waals surface area contributed by atoms with E-state index < -0.39 is 5.60 Å². The summed E-state index contributed by atoms with van der Waals surface area (Å²) in [5.41, 5.74) is 1.27. The molecule has 1 saturated heterocycles. The summed E-state index contributed by atoms with van der Waals surface area (Å²) in [5.74, 6) is -0.281. The van der Waals surface area contributed by atoms with Gasteiger partial charge in [0.2, 0.25) is 0 Å². The second-order valence-electron chi connectivity index (χ2n) is 9.15. The van der Waals surface area contributed by atoms with Gasteiger partial charge < -0.3 is 15.0 Å². The van der Waals surface area contributed by atoms with Crippen LogP contribution in [0.4, 0.5) is 10.5 Å². The lowest BCUT2D eigenvalue weighted by Gasteiger charge is -2.33. The number of nitrogens with zero attached hydrogens (tertiary/aromatic N) is 4. The van der Waals surface area contributed by atoms with Crippen LogP contribution in [0.25, 0.3) is 10.8 Å². The van der Waals surface area contributed by atoms with Crippen molar-refractivity contribution in [3.8, 4) is 0 Å². The third kappa shape index (κ3) is 4.59. The number of anilines is 1. The SMILES string of the molecule is Cc1c(C(=O)Nc2cccc3ccccc23)nnn1C1CCN(C(=O)OC(C)(C)C)CC1. The van der Waals surface area contributed by atoms with Crippen LogP contribution in [0, 0.1) is 6.92 Å². The van der Waals surface area contributed by atoms with Gasteiger partial charge in [-0.3, -0.25) is 4.79 Å². The number of amides is 2. The van der Waals surface area contributed by atoms with Crippen LogP contribution in [-0.2, 0) is 4.74 Å². The Kier molecular flexibility index (Phi) is 5.86. The molecule has 168 valence electrons. The van der Waals surface area contributed by atoms with E-state index in [9.17, 15) is 9.59 Å². The molecule has 0 atom stereocenters. The molecule has 0 radical (unpaired) electrons. The van der Waals surface area contributed by atoms with Crippen molar-refractivity contribution in [1.82, 2.24) is 19.9 Å². The number of nitrogens with one attached hydrogen (secondary N) is 1. The maximum Gasteiger partial charge on any atom is 0.410 e. The van der Waals surface area contributed by atoms with Gasteiger partial charge in [0.05, 0.1) is 11.7 Å². The van der Waals surface area contributed by atoms with E-state index in [2.05, 4.69) is 15.6 Å². The first-order chi connectivity index (χ1) is 15.2. The molecule has 1 aromatic heterocycles. The van der Waals surface area contributed by atoms with Crippen LogP contribution >= 0.6 is 0 Å². The molecule has 0 bridgehead atoms. The van der Waals surface area contributed by atoms with E-state index in [0.717, 1.165) is 35.0 Å². The number of carbonyl (C=O) groups excluding carboxylic acids is 2. The maximum atomic E-state index is 13.0. The first kappa shape index (κ1) is 21.8. The van der Waals surface area contributed by atoms with Crippen molar-refractivity contribution in [3.05, 3.63) is 53.9 Å². The molecule has 0 unspecified atom stereocenters. The molecule has 2 amide bonds. The van der Waals surface area contributed by atoms with Crippen molar-refractivity contribution in [2.75, 3.05) is 18.4 Å². The standard InChI is InChI=1S/C24H29N5O3/c1-16-21(22(30)25-20-11-7-9-17-8-5-6-10-19(17)20)26-27-29(16)18-12-14-28(15-13-18)23(31)32-24(2,3)4/h5-11,18H,12-15H2,1-4H3,(H,25,30). The zero-order chi connectivity index (χ0) is 22.9. The van der Waals surface area contributed by atoms with Crippen LogP contribution < -0.4 is 5.32 Å². The molecule has 3 aromatic rings. The molecule has 0 spiro atoms. The molecular formula is C24H29N5O3. The summed E-state index contributed by atoms with van der Waals surface area (Å²) in [5, 5.41) is 13.4. The third-order valence-electron chi connectivity index (χ3n) is 5.64. The zero-order valence-electron chi connectivity index (χ0n) is 19.0. The summed E-state index contributed by atoms with van der Waals surface area (Å²) in [6, 6.07) is 13.8. The quantitative estimate of drug-likeness (QED) is 0.651. The molecule has 1 aliphatic rings.